The quantitative estimate of drug-likeness (QED) is 0.689. The zero-order chi connectivity index (χ0) is 13.2. The Bertz CT molecular complexity index is 725. The van der Waals surface area contributed by atoms with E-state index in [1.54, 1.807) is 17.8 Å². The predicted octanol–water partition coefficient (Wildman–Crippen LogP) is 2.79. The van der Waals surface area contributed by atoms with Gasteiger partial charge >= 0.3 is 0 Å². The van der Waals surface area contributed by atoms with Crippen LogP contribution in [0.5, 0.6) is 0 Å². The smallest absolute Gasteiger partial charge is 0.209 e. The number of hydrogen-bond acceptors (Lipinski definition) is 4. The second-order valence-corrected chi connectivity index (χ2v) is 5.07. The van der Waals surface area contributed by atoms with Crippen LogP contribution in [0.2, 0.25) is 0 Å². The van der Waals surface area contributed by atoms with E-state index in [1.807, 2.05) is 24.3 Å². The molecule has 0 unspecified atom stereocenters. The fourth-order valence-corrected chi connectivity index (χ4v) is 2.79. The summed E-state index contributed by atoms with van der Waals surface area (Å²) in [5.74, 6) is 0.513. The molecule has 0 aliphatic heterocycles. The molecule has 3 rings (SSSR count). The number of thioether (sulfide) groups is 1. The Balaban J connectivity index is 1.93. The van der Waals surface area contributed by atoms with Crippen molar-refractivity contribution in [1.29, 1.82) is 0 Å². The maximum Gasteiger partial charge on any atom is 0.209 e. The molecule has 4 nitrogen and oxygen atoms in total. The number of hydrogen-bond donors (Lipinski definition) is 0. The lowest BCUT2D eigenvalue weighted by Gasteiger charge is -2.06. The van der Waals surface area contributed by atoms with Crippen molar-refractivity contribution in [2.75, 3.05) is 0 Å². The van der Waals surface area contributed by atoms with E-state index in [0.29, 0.717) is 11.1 Å². The van der Waals surface area contributed by atoms with E-state index in [9.17, 15) is 4.39 Å². The van der Waals surface area contributed by atoms with Gasteiger partial charge in [-0.05, 0) is 27.4 Å². The molecule has 2 aromatic carbocycles. The van der Waals surface area contributed by atoms with Crippen LogP contribution < -0.4 is 0 Å². The predicted molar refractivity (Wildman–Crippen MR) is 72.3 cm³/mol. The van der Waals surface area contributed by atoms with E-state index < -0.39 is 0 Å². The maximum absolute atomic E-state index is 13.7. The van der Waals surface area contributed by atoms with Crippen molar-refractivity contribution >= 4 is 22.5 Å². The highest BCUT2D eigenvalue weighted by atomic mass is 32.2. The summed E-state index contributed by atoms with van der Waals surface area (Å²) in [6.07, 6.45) is 0. The average Bonchev–Trinajstić information content (AvgIpc) is 2.84. The Labute approximate surface area is 113 Å². The highest BCUT2D eigenvalue weighted by Crippen LogP contribution is 2.27. The van der Waals surface area contributed by atoms with Crippen LogP contribution in [0, 0.1) is 5.82 Å². The first-order valence-corrected chi connectivity index (χ1v) is 6.75. The van der Waals surface area contributed by atoms with Crippen LogP contribution in [0.4, 0.5) is 4.39 Å². The third-order valence-corrected chi connectivity index (χ3v) is 3.96. The zero-order valence-corrected chi connectivity index (χ0v) is 11.1. The molecule has 0 aliphatic rings. The van der Waals surface area contributed by atoms with Crippen LogP contribution in [-0.4, -0.2) is 20.2 Å². The first-order valence-electron chi connectivity index (χ1n) is 5.77. The Morgan fingerprint density at radius 2 is 1.95 bits per heavy atom. The van der Waals surface area contributed by atoms with E-state index in [4.69, 9.17) is 0 Å². The van der Waals surface area contributed by atoms with Gasteiger partial charge in [-0.1, -0.05) is 42.1 Å². The standard InChI is InChI=1S/C13H11FN4S/c1-18-13(15-16-17-18)19-8-9-6-7-12(14)11-5-3-2-4-10(9)11/h2-7H,8H2,1H3. The number of aryl methyl sites for hydroxylation is 1. The molecule has 0 saturated heterocycles. The summed E-state index contributed by atoms with van der Waals surface area (Å²) in [4.78, 5) is 0. The van der Waals surface area contributed by atoms with Crippen LogP contribution in [0.15, 0.2) is 41.6 Å². The van der Waals surface area contributed by atoms with E-state index in [0.717, 1.165) is 16.1 Å². The summed E-state index contributed by atoms with van der Waals surface area (Å²) < 4.78 is 15.3. The molecule has 19 heavy (non-hydrogen) atoms. The minimum Gasteiger partial charge on any atom is -0.224 e. The number of fused-ring (bicyclic) bond motifs is 1. The molecule has 1 aromatic heterocycles. The lowest BCUT2D eigenvalue weighted by atomic mass is 10.1. The van der Waals surface area contributed by atoms with E-state index in [1.165, 1.54) is 17.8 Å². The first-order chi connectivity index (χ1) is 9.25. The van der Waals surface area contributed by atoms with Crippen LogP contribution in [-0.2, 0) is 12.8 Å². The average molecular weight is 274 g/mol. The summed E-state index contributed by atoms with van der Waals surface area (Å²) in [7, 11) is 1.80. The van der Waals surface area contributed by atoms with Gasteiger partial charge in [0.05, 0.1) is 0 Å². The Morgan fingerprint density at radius 3 is 2.68 bits per heavy atom. The molecule has 0 aliphatic carbocycles. The molecular weight excluding hydrogens is 263 g/mol. The monoisotopic (exact) mass is 274 g/mol. The van der Waals surface area contributed by atoms with Crippen LogP contribution in [0.3, 0.4) is 0 Å². The van der Waals surface area contributed by atoms with Gasteiger partial charge < -0.3 is 0 Å². The Kier molecular flexibility index (Phi) is 3.16. The topological polar surface area (TPSA) is 43.6 Å². The maximum atomic E-state index is 13.7. The lowest BCUT2D eigenvalue weighted by Crippen LogP contribution is -1.94. The number of halogens is 1. The van der Waals surface area contributed by atoms with Gasteiger partial charge in [-0.3, -0.25) is 0 Å². The van der Waals surface area contributed by atoms with Crippen molar-refractivity contribution in [3.63, 3.8) is 0 Å². The zero-order valence-electron chi connectivity index (χ0n) is 10.2. The van der Waals surface area contributed by atoms with Crippen molar-refractivity contribution in [3.8, 4) is 0 Å². The molecule has 0 bridgehead atoms. The van der Waals surface area contributed by atoms with Crippen molar-refractivity contribution in [2.24, 2.45) is 7.05 Å². The largest absolute Gasteiger partial charge is 0.224 e. The Hall–Kier alpha value is -1.95. The van der Waals surface area contributed by atoms with Gasteiger partial charge in [0.1, 0.15) is 5.82 Å². The van der Waals surface area contributed by atoms with E-state index >= 15 is 0 Å². The number of rotatable bonds is 3. The van der Waals surface area contributed by atoms with E-state index in [-0.39, 0.29) is 5.82 Å². The van der Waals surface area contributed by atoms with Gasteiger partial charge in [-0.15, -0.1) is 5.10 Å². The fraction of sp³-hybridized carbons (Fsp3) is 0.154. The molecule has 96 valence electrons. The summed E-state index contributed by atoms with van der Waals surface area (Å²) in [5, 5.41) is 13.6. The molecule has 0 radical (unpaired) electrons. The summed E-state index contributed by atoms with van der Waals surface area (Å²) in [6.45, 7) is 0. The van der Waals surface area contributed by atoms with Crippen LogP contribution >= 0.6 is 11.8 Å². The minimum atomic E-state index is -0.190. The summed E-state index contributed by atoms with van der Waals surface area (Å²) in [6, 6.07) is 10.8. The molecule has 3 aromatic rings. The second-order valence-electron chi connectivity index (χ2n) is 4.13. The molecular formula is C13H11FN4S. The van der Waals surface area contributed by atoms with Crippen molar-refractivity contribution in [3.05, 3.63) is 47.8 Å². The molecule has 0 atom stereocenters. The van der Waals surface area contributed by atoms with Gasteiger partial charge in [0, 0.05) is 18.2 Å². The molecule has 0 N–H and O–H groups in total. The minimum absolute atomic E-state index is 0.190. The third kappa shape index (κ3) is 2.31. The third-order valence-electron chi connectivity index (χ3n) is 2.90. The van der Waals surface area contributed by atoms with Gasteiger partial charge in [-0.2, -0.15) is 0 Å². The molecule has 0 saturated carbocycles. The SMILES string of the molecule is Cn1nnnc1SCc1ccc(F)c2ccccc12. The number of nitrogens with zero attached hydrogens (tertiary/aromatic N) is 4. The summed E-state index contributed by atoms with van der Waals surface area (Å²) >= 11 is 1.53. The van der Waals surface area contributed by atoms with Crippen molar-refractivity contribution in [1.82, 2.24) is 20.2 Å². The highest BCUT2D eigenvalue weighted by Gasteiger charge is 2.08. The van der Waals surface area contributed by atoms with Gasteiger partial charge in [0.25, 0.3) is 0 Å². The first kappa shape index (κ1) is 12.1. The van der Waals surface area contributed by atoms with Crippen LogP contribution in [0.1, 0.15) is 5.56 Å². The molecule has 0 spiro atoms. The second kappa shape index (κ2) is 4.97. The van der Waals surface area contributed by atoms with Gasteiger partial charge in [-0.25, -0.2) is 9.07 Å². The van der Waals surface area contributed by atoms with Crippen molar-refractivity contribution in [2.45, 2.75) is 10.9 Å². The fourth-order valence-electron chi connectivity index (χ4n) is 1.94. The Morgan fingerprint density at radius 1 is 1.16 bits per heavy atom. The van der Waals surface area contributed by atoms with Crippen LogP contribution in [0.25, 0.3) is 10.8 Å². The highest BCUT2D eigenvalue weighted by molar-refractivity contribution is 7.98. The van der Waals surface area contributed by atoms with E-state index in [2.05, 4.69) is 15.5 Å². The number of aromatic nitrogens is 4. The van der Waals surface area contributed by atoms with Gasteiger partial charge in [0.2, 0.25) is 5.16 Å². The van der Waals surface area contributed by atoms with Crippen molar-refractivity contribution < 1.29 is 4.39 Å². The number of tetrazole rings is 1. The molecule has 0 fully saturated rings. The molecule has 1 heterocycles. The number of benzene rings is 2. The van der Waals surface area contributed by atoms with Gasteiger partial charge in [0.15, 0.2) is 0 Å². The summed E-state index contributed by atoms with van der Waals surface area (Å²) in [5.41, 5.74) is 1.07. The normalized spacial score (nSPS) is 11.1. The molecule has 0 amide bonds. The lowest BCUT2D eigenvalue weighted by molar-refractivity contribution is 0.639. The molecule has 6 heteroatoms.